The van der Waals surface area contributed by atoms with Gasteiger partial charge >= 0.3 is 17.9 Å². The minimum Gasteiger partial charge on any atom is -0.466 e. The number of methoxy groups -OCH3 is 1. The maximum Gasteiger partial charge on any atom is 0.311 e. The largest absolute Gasteiger partial charge is 0.466 e. The minimum atomic E-state index is -2.04. The lowest BCUT2D eigenvalue weighted by molar-refractivity contribution is -0.319. The van der Waals surface area contributed by atoms with Gasteiger partial charge in [-0.1, -0.05) is 27.7 Å². The average Bonchev–Trinajstić information content (AvgIpc) is 3.17. The van der Waals surface area contributed by atoms with Crippen molar-refractivity contribution in [3.05, 3.63) is 0 Å². The zero-order valence-electron chi connectivity index (χ0n) is 38.2. The molecule has 3 heterocycles. The molecule has 3 aliphatic heterocycles. The number of nitrogens with zero attached hydrogens (tertiary/aromatic N) is 1. The van der Waals surface area contributed by atoms with Gasteiger partial charge in [0.2, 0.25) is 0 Å². The number of Topliss-reactive ketones (excluding diaryl/α,β-unsaturated/α-hetero) is 1. The number of likely N-dealkylation sites (N-methyl/N-ethyl adjacent to an activating group) is 1. The van der Waals surface area contributed by atoms with Gasteiger partial charge in [-0.2, -0.15) is 0 Å². The van der Waals surface area contributed by atoms with Crippen molar-refractivity contribution >= 4 is 23.7 Å². The molecule has 0 amide bonds. The first-order valence-electron chi connectivity index (χ1n) is 21.5. The van der Waals surface area contributed by atoms with Crippen molar-refractivity contribution in [1.82, 2.24) is 4.90 Å². The number of carbonyl (C=O) groups excluding carboxylic acids is 4. The van der Waals surface area contributed by atoms with E-state index in [1.165, 1.54) is 27.9 Å². The van der Waals surface area contributed by atoms with Crippen molar-refractivity contribution in [2.24, 2.45) is 23.7 Å². The van der Waals surface area contributed by atoms with Crippen molar-refractivity contribution < 1.29 is 77.5 Å². The number of rotatable bonds is 12. The smallest absolute Gasteiger partial charge is 0.311 e. The van der Waals surface area contributed by atoms with Crippen LogP contribution in [0.4, 0.5) is 0 Å². The molecule has 17 nitrogen and oxygen atoms in total. The Bertz CT molecular complexity index is 1440. The SMILES string of the molecule is CCOC(=O)CCC(=O)O[C@H]1[C@@H](O[C@H]2[C@@H](C)[C@H](O[C@H]3C[C@@](C)(OC)[C@@H](O)[C@H](C)O3)[C@@H](C)C(=O)O[C@H](CC)[C@@](C)(O)[C@H](O)[C@@H](C)C(=O)[C@H](C)C[C@@]2(C)O)O[C@H](C)C[C@@H]1N(C)C. The van der Waals surface area contributed by atoms with Gasteiger partial charge in [-0.3, -0.25) is 19.2 Å². The number of carbonyl (C=O) groups is 4. The highest BCUT2D eigenvalue weighted by Gasteiger charge is 2.54. The second kappa shape index (κ2) is 21.4. The van der Waals surface area contributed by atoms with Crippen molar-refractivity contribution in [2.45, 2.75) is 199 Å². The van der Waals surface area contributed by atoms with E-state index < -0.39 is 132 Å². The first kappa shape index (κ1) is 52.0. The summed E-state index contributed by atoms with van der Waals surface area (Å²) in [5.74, 6) is -6.64. The predicted octanol–water partition coefficient (Wildman–Crippen LogP) is 2.68. The highest BCUT2D eigenvalue weighted by atomic mass is 16.7. The second-order valence-electron chi connectivity index (χ2n) is 18.2. The van der Waals surface area contributed by atoms with E-state index in [1.807, 2.05) is 25.9 Å². The number of hydrogen-bond donors (Lipinski definition) is 4. The van der Waals surface area contributed by atoms with Crippen LogP contribution in [0.3, 0.4) is 0 Å². The molecule has 60 heavy (non-hydrogen) atoms. The van der Waals surface area contributed by atoms with E-state index in [2.05, 4.69) is 0 Å². The van der Waals surface area contributed by atoms with Crippen molar-refractivity contribution in [3.63, 3.8) is 0 Å². The molecular weight excluding hydrogens is 786 g/mol. The summed E-state index contributed by atoms with van der Waals surface area (Å²) in [6.07, 6.45) is -11.1. The number of aliphatic hydroxyl groups is 4. The van der Waals surface area contributed by atoms with Crippen LogP contribution in [-0.2, 0) is 57.1 Å². The molecule has 0 aromatic heterocycles. The molecule has 0 bridgehead atoms. The van der Waals surface area contributed by atoms with E-state index in [0.717, 1.165) is 0 Å². The van der Waals surface area contributed by atoms with Crippen molar-refractivity contribution in [2.75, 3.05) is 27.8 Å². The van der Waals surface area contributed by atoms with Crippen LogP contribution in [0.1, 0.15) is 115 Å². The lowest BCUT2D eigenvalue weighted by Crippen LogP contribution is -2.61. The summed E-state index contributed by atoms with van der Waals surface area (Å²) in [4.78, 5) is 55.6. The molecule has 0 radical (unpaired) electrons. The fourth-order valence-electron chi connectivity index (χ4n) is 9.17. The first-order chi connectivity index (χ1) is 27.8. The molecule has 3 rings (SSSR count). The molecule has 0 aliphatic carbocycles. The van der Waals surface area contributed by atoms with Gasteiger partial charge in [0.25, 0.3) is 0 Å². The third-order valence-corrected chi connectivity index (χ3v) is 12.9. The summed E-state index contributed by atoms with van der Waals surface area (Å²) in [6, 6.07) is -0.443. The third kappa shape index (κ3) is 12.2. The molecule has 0 unspecified atom stereocenters. The third-order valence-electron chi connectivity index (χ3n) is 12.9. The number of hydrogen-bond acceptors (Lipinski definition) is 17. The van der Waals surface area contributed by atoms with Crippen LogP contribution in [-0.4, -0.2) is 161 Å². The second-order valence-corrected chi connectivity index (χ2v) is 18.2. The van der Waals surface area contributed by atoms with Gasteiger partial charge in [0.1, 0.15) is 23.6 Å². The van der Waals surface area contributed by atoms with E-state index in [4.69, 9.17) is 37.9 Å². The molecule has 0 aromatic rings. The van der Waals surface area contributed by atoms with Gasteiger partial charge in [-0.25, -0.2) is 0 Å². The molecule has 0 aromatic carbocycles. The normalized spacial score (nSPS) is 43.8. The maximum atomic E-state index is 14.3. The maximum absolute atomic E-state index is 14.3. The Kier molecular flexibility index (Phi) is 18.5. The summed E-state index contributed by atoms with van der Waals surface area (Å²) in [6.45, 7) is 17.9. The molecule has 3 aliphatic rings. The highest BCUT2D eigenvalue weighted by Crippen LogP contribution is 2.41. The van der Waals surface area contributed by atoms with Gasteiger partial charge in [-0.05, 0) is 81.8 Å². The zero-order valence-corrected chi connectivity index (χ0v) is 38.2. The molecule has 4 N–H and O–H groups in total. The van der Waals surface area contributed by atoms with Crippen LogP contribution in [0.5, 0.6) is 0 Å². The number of ketones is 1. The Morgan fingerprint density at radius 1 is 0.850 bits per heavy atom. The van der Waals surface area contributed by atoms with Crippen LogP contribution in [0.25, 0.3) is 0 Å². The van der Waals surface area contributed by atoms with Gasteiger partial charge in [0, 0.05) is 31.3 Å². The average molecular weight is 862 g/mol. The number of ether oxygens (including phenoxy) is 8. The Labute approximate surface area is 356 Å². The van der Waals surface area contributed by atoms with E-state index in [-0.39, 0.29) is 38.7 Å². The fraction of sp³-hybridized carbons (Fsp3) is 0.907. The first-order valence-corrected chi connectivity index (χ1v) is 21.5. The summed E-state index contributed by atoms with van der Waals surface area (Å²) < 4.78 is 48.8. The van der Waals surface area contributed by atoms with Gasteiger partial charge in [0.05, 0.1) is 73.1 Å². The minimum absolute atomic E-state index is 0.0431. The van der Waals surface area contributed by atoms with E-state index in [1.54, 1.807) is 48.5 Å². The topological polar surface area (TPSA) is 226 Å². The number of cyclic esters (lactones) is 1. The van der Waals surface area contributed by atoms with Crippen LogP contribution in [0.2, 0.25) is 0 Å². The lowest BCUT2D eigenvalue weighted by Gasteiger charge is -2.49. The molecule has 17 heteroatoms. The lowest BCUT2D eigenvalue weighted by atomic mass is 9.74. The summed E-state index contributed by atoms with van der Waals surface area (Å²) >= 11 is 0. The summed E-state index contributed by atoms with van der Waals surface area (Å²) in [7, 11) is 5.09. The molecule has 18 atom stereocenters. The fourth-order valence-corrected chi connectivity index (χ4v) is 9.17. The number of aliphatic hydroxyl groups excluding tert-OH is 2. The molecule has 3 saturated heterocycles. The van der Waals surface area contributed by atoms with Crippen LogP contribution >= 0.6 is 0 Å². The Hall–Kier alpha value is -2.32. The van der Waals surface area contributed by atoms with E-state index in [9.17, 15) is 39.6 Å². The molecule has 0 spiro atoms. The van der Waals surface area contributed by atoms with Crippen molar-refractivity contribution in [3.8, 4) is 0 Å². The molecule has 3 fully saturated rings. The molecular formula is C43H75NO16. The van der Waals surface area contributed by atoms with E-state index in [0.29, 0.717) is 6.42 Å². The number of esters is 3. The van der Waals surface area contributed by atoms with Crippen molar-refractivity contribution in [1.29, 1.82) is 0 Å². The Balaban J connectivity index is 2.22. The van der Waals surface area contributed by atoms with Crippen LogP contribution in [0, 0.1) is 23.7 Å². The van der Waals surface area contributed by atoms with Crippen LogP contribution < -0.4 is 0 Å². The highest BCUT2D eigenvalue weighted by molar-refractivity contribution is 5.83. The monoisotopic (exact) mass is 862 g/mol. The zero-order chi connectivity index (χ0) is 45.7. The van der Waals surface area contributed by atoms with Gasteiger partial charge in [0.15, 0.2) is 18.7 Å². The standard InChI is InChI=1S/C43H75NO16/c1-15-29-43(11,52)36(48)24(5)33(47)22(3)20-41(9,51)38(25(6)34(26(7)39(50)57-29)59-32-21-42(10,53-14)37(49)27(8)56-32)60-40-35(28(44(12)13)19-23(4)55-40)58-31(46)18-17-30(45)54-16-2/h22-29,32,34-38,40,48-49,51-52H,15-21H2,1-14H3/t22-,23-,24+,25+,26-,27+,28+,29-,32+,34+,35-,36-,37+,38+,40-,41-,42-,43-/m1/s1. The van der Waals surface area contributed by atoms with Gasteiger partial charge < -0.3 is 63.2 Å². The Morgan fingerprint density at radius 2 is 1.47 bits per heavy atom. The van der Waals surface area contributed by atoms with Gasteiger partial charge in [-0.15, -0.1) is 0 Å². The summed E-state index contributed by atoms with van der Waals surface area (Å²) in [5, 5.41) is 46.8. The Morgan fingerprint density at radius 3 is 2.03 bits per heavy atom. The quantitative estimate of drug-likeness (QED) is 0.163. The predicted molar refractivity (Wildman–Crippen MR) is 216 cm³/mol. The van der Waals surface area contributed by atoms with E-state index >= 15 is 0 Å². The molecule has 348 valence electrons. The molecule has 0 saturated carbocycles. The summed E-state index contributed by atoms with van der Waals surface area (Å²) in [5.41, 5.74) is -5.06. The van der Waals surface area contributed by atoms with Crippen LogP contribution in [0.15, 0.2) is 0 Å².